The van der Waals surface area contributed by atoms with Gasteiger partial charge in [0.25, 0.3) is 0 Å². The SMILES string of the molecule is CC(C)(C)OC(=O)NC[C@H]1Cc2cc(N)ccc2O1. The van der Waals surface area contributed by atoms with Crippen molar-refractivity contribution in [3.63, 3.8) is 0 Å². The van der Waals surface area contributed by atoms with E-state index in [-0.39, 0.29) is 6.10 Å². The largest absolute Gasteiger partial charge is 0.488 e. The minimum absolute atomic E-state index is 0.0654. The molecule has 5 heteroatoms. The average molecular weight is 264 g/mol. The van der Waals surface area contributed by atoms with E-state index < -0.39 is 11.7 Å². The Labute approximate surface area is 113 Å². The van der Waals surface area contributed by atoms with Crippen molar-refractivity contribution in [3.8, 4) is 5.75 Å². The van der Waals surface area contributed by atoms with E-state index in [1.807, 2.05) is 39.0 Å². The summed E-state index contributed by atoms with van der Waals surface area (Å²) in [6.45, 7) is 5.91. The number of alkyl carbamates (subject to hydrolysis) is 1. The molecule has 1 aromatic rings. The summed E-state index contributed by atoms with van der Waals surface area (Å²) >= 11 is 0. The van der Waals surface area contributed by atoms with Crippen molar-refractivity contribution in [2.45, 2.75) is 38.9 Å². The van der Waals surface area contributed by atoms with Crippen LogP contribution in [0.2, 0.25) is 0 Å². The number of hydrogen-bond acceptors (Lipinski definition) is 4. The maximum atomic E-state index is 11.5. The molecule has 2 rings (SSSR count). The Hall–Kier alpha value is -1.91. The molecule has 0 unspecified atom stereocenters. The number of ether oxygens (including phenoxy) is 2. The molecule has 0 saturated carbocycles. The lowest BCUT2D eigenvalue weighted by Crippen LogP contribution is -2.38. The van der Waals surface area contributed by atoms with Crippen LogP contribution in [0.1, 0.15) is 26.3 Å². The number of hydrogen-bond donors (Lipinski definition) is 2. The number of rotatable bonds is 2. The van der Waals surface area contributed by atoms with Gasteiger partial charge in [-0.15, -0.1) is 0 Å². The fourth-order valence-corrected chi connectivity index (χ4v) is 1.97. The lowest BCUT2D eigenvalue weighted by molar-refractivity contribution is 0.0506. The molecule has 1 atom stereocenters. The fourth-order valence-electron chi connectivity index (χ4n) is 1.97. The highest BCUT2D eigenvalue weighted by molar-refractivity contribution is 5.67. The van der Waals surface area contributed by atoms with Gasteiger partial charge in [-0.3, -0.25) is 0 Å². The molecule has 19 heavy (non-hydrogen) atoms. The third kappa shape index (κ3) is 3.77. The molecule has 0 fully saturated rings. The first-order valence-electron chi connectivity index (χ1n) is 6.35. The first-order chi connectivity index (χ1) is 8.83. The lowest BCUT2D eigenvalue weighted by atomic mass is 10.1. The Morgan fingerprint density at radius 2 is 2.26 bits per heavy atom. The minimum Gasteiger partial charge on any atom is -0.488 e. The smallest absolute Gasteiger partial charge is 0.407 e. The van der Waals surface area contributed by atoms with Gasteiger partial charge >= 0.3 is 6.09 Å². The normalized spacial score (nSPS) is 17.5. The molecular formula is C14H20N2O3. The van der Waals surface area contributed by atoms with Crippen LogP contribution in [-0.2, 0) is 11.2 Å². The van der Waals surface area contributed by atoms with E-state index in [1.165, 1.54) is 0 Å². The molecule has 1 aliphatic heterocycles. The monoisotopic (exact) mass is 264 g/mol. The maximum absolute atomic E-state index is 11.5. The van der Waals surface area contributed by atoms with E-state index in [0.717, 1.165) is 23.4 Å². The molecule has 0 bridgehead atoms. The topological polar surface area (TPSA) is 73.6 Å². The zero-order valence-electron chi connectivity index (χ0n) is 11.5. The summed E-state index contributed by atoms with van der Waals surface area (Å²) in [7, 11) is 0. The minimum atomic E-state index is -0.488. The van der Waals surface area contributed by atoms with Gasteiger partial charge in [0, 0.05) is 12.1 Å². The van der Waals surface area contributed by atoms with Crippen LogP contribution in [0, 0.1) is 0 Å². The predicted molar refractivity (Wildman–Crippen MR) is 73.2 cm³/mol. The Balaban J connectivity index is 1.83. The third-order valence-corrected chi connectivity index (χ3v) is 2.70. The zero-order chi connectivity index (χ0) is 14.0. The standard InChI is InChI=1S/C14H20N2O3/c1-14(2,3)19-13(17)16-8-11-7-9-6-10(15)4-5-12(9)18-11/h4-6,11H,7-8,15H2,1-3H3,(H,16,17)/t11-/m1/s1. The third-order valence-electron chi connectivity index (χ3n) is 2.70. The van der Waals surface area contributed by atoms with Crippen LogP contribution in [0.4, 0.5) is 10.5 Å². The predicted octanol–water partition coefficient (Wildman–Crippen LogP) is 2.10. The molecule has 0 saturated heterocycles. The van der Waals surface area contributed by atoms with Crippen LogP contribution in [0.25, 0.3) is 0 Å². The van der Waals surface area contributed by atoms with Gasteiger partial charge in [-0.2, -0.15) is 0 Å². The van der Waals surface area contributed by atoms with E-state index >= 15 is 0 Å². The maximum Gasteiger partial charge on any atom is 0.407 e. The van der Waals surface area contributed by atoms with Crippen LogP contribution in [-0.4, -0.2) is 24.3 Å². The van der Waals surface area contributed by atoms with E-state index in [0.29, 0.717) is 6.54 Å². The number of nitrogens with one attached hydrogen (secondary N) is 1. The van der Waals surface area contributed by atoms with E-state index in [1.54, 1.807) is 0 Å². The number of nitrogen functional groups attached to an aromatic ring is 1. The molecule has 104 valence electrons. The summed E-state index contributed by atoms with van der Waals surface area (Å²) in [5, 5.41) is 2.71. The van der Waals surface area contributed by atoms with Crippen LogP contribution in [0.5, 0.6) is 5.75 Å². The zero-order valence-corrected chi connectivity index (χ0v) is 11.5. The molecule has 1 heterocycles. The van der Waals surface area contributed by atoms with Crippen molar-refractivity contribution in [2.75, 3.05) is 12.3 Å². The summed E-state index contributed by atoms with van der Waals surface area (Å²) in [6.07, 6.45) is 0.256. The van der Waals surface area contributed by atoms with Gasteiger partial charge in [-0.25, -0.2) is 4.79 Å². The molecule has 3 N–H and O–H groups in total. The summed E-state index contributed by atoms with van der Waals surface area (Å²) in [6, 6.07) is 5.57. The Bertz CT molecular complexity index is 480. The van der Waals surface area contributed by atoms with Crippen LogP contribution < -0.4 is 15.8 Å². The van der Waals surface area contributed by atoms with Crippen molar-refractivity contribution in [3.05, 3.63) is 23.8 Å². The second kappa shape index (κ2) is 4.99. The highest BCUT2D eigenvalue weighted by Gasteiger charge is 2.24. The number of amides is 1. The number of anilines is 1. The summed E-state index contributed by atoms with van der Waals surface area (Å²) in [5.74, 6) is 0.838. The van der Waals surface area contributed by atoms with Gasteiger partial charge in [0.2, 0.25) is 0 Å². The summed E-state index contributed by atoms with van der Waals surface area (Å²) < 4.78 is 10.9. The Kier molecular flexibility index (Phi) is 3.55. The number of benzene rings is 1. The average Bonchev–Trinajstić information content (AvgIpc) is 2.66. The molecule has 1 amide bonds. The molecular weight excluding hydrogens is 244 g/mol. The number of fused-ring (bicyclic) bond motifs is 1. The molecule has 5 nitrogen and oxygen atoms in total. The van der Waals surface area contributed by atoms with E-state index in [2.05, 4.69) is 5.32 Å². The van der Waals surface area contributed by atoms with Crippen LogP contribution >= 0.6 is 0 Å². The van der Waals surface area contributed by atoms with Crippen molar-refractivity contribution < 1.29 is 14.3 Å². The van der Waals surface area contributed by atoms with Gasteiger partial charge < -0.3 is 20.5 Å². The number of carbonyl (C=O) groups is 1. The van der Waals surface area contributed by atoms with Gasteiger partial charge in [0.15, 0.2) is 0 Å². The second-order valence-corrected chi connectivity index (χ2v) is 5.69. The highest BCUT2D eigenvalue weighted by Crippen LogP contribution is 2.30. The Morgan fingerprint density at radius 1 is 1.53 bits per heavy atom. The van der Waals surface area contributed by atoms with Gasteiger partial charge in [-0.1, -0.05) is 0 Å². The quantitative estimate of drug-likeness (QED) is 0.802. The molecule has 0 spiro atoms. The highest BCUT2D eigenvalue weighted by atomic mass is 16.6. The summed E-state index contributed by atoms with van der Waals surface area (Å²) in [5.41, 5.74) is 7.04. The Morgan fingerprint density at radius 3 is 2.95 bits per heavy atom. The number of nitrogens with two attached hydrogens (primary N) is 1. The number of carbonyl (C=O) groups excluding carboxylic acids is 1. The molecule has 0 aliphatic carbocycles. The van der Waals surface area contributed by atoms with Crippen molar-refractivity contribution in [2.24, 2.45) is 0 Å². The van der Waals surface area contributed by atoms with Crippen LogP contribution in [0.3, 0.4) is 0 Å². The fraction of sp³-hybridized carbons (Fsp3) is 0.500. The molecule has 0 radical (unpaired) electrons. The van der Waals surface area contributed by atoms with Crippen molar-refractivity contribution >= 4 is 11.8 Å². The van der Waals surface area contributed by atoms with Crippen molar-refractivity contribution in [1.29, 1.82) is 0 Å². The van der Waals surface area contributed by atoms with E-state index in [9.17, 15) is 4.79 Å². The van der Waals surface area contributed by atoms with Gasteiger partial charge in [-0.05, 0) is 44.5 Å². The van der Waals surface area contributed by atoms with Gasteiger partial charge in [0.1, 0.15) is 17.5 Å². The van der Waals surface area contributed by atoms with Crippen molar-refractivity contribution in [1.82, 2.24) is 5.32 Å². The van der Waals surface area contributed by atoms with Crippen LogP contribution in [0.15, 0.2) is 18.2 Å². The molecule has 1 aromatic carbocycles. The summed E-state index contributed by atoms with van der Waals surface area (Å²) in [4.78, 5) is 11.5. The van der Waals surface area contributed by atoms with Gasteiger partial charge in [0.05, 0.1) is 6.54 Å². The van der Waals surface area contributed by atoms with E-state index in [4.69, 9.17) is 15.2 Å². The first kappa shape index (κ1) is 13.5. The first-order valence-corrected chi connectivity index (χ1v) is 6.35. The second-order valence-electron chi connectivity index (χ2n) is 5.69. The molecule has 1 aliphatic rings. The lowest BCUT2D eigenvalue weighted by Gasteiger charge is -2.20. The molecule has 0 aromatic heterocycles.